The number of hydrogen-bond acceptors (Lipinski definition) is 5. The van der Waals surface area contributed by atoms with Gasteiger partial charge in [-0.3, -0.25) is 0 Å². The third-order valence-corrected chi connectivity index (χ3v) is 6.48. The lowest BCUT2D eigenvalue weighted by Crippen LogP contribution is -2.13. The molecule has 0 saturated heterocycles. The van der Waals surface area contributed by atoms with Gasteiger partial charge in [0.15, 0.2) is 11.5 Å². The summed E-state index contributed by atoms with van der Waals surface area (Å²) in [4.78, 5) is 0.0991. The van der Waals surface area contributed by atoms with Crippen LogP contribution in [0.2, 0.25) is 0 Å². The van der Waals surface area contributed by atoms with Crippen molar-refractivity contribution in [3.63, 3.8) is 0 Å². The number of rotatable bonds is 11. The highest BCUT2D eigenvalue weighted by molar-refractivity contribution is 7.87. The van der Waals surface area contributed by atoms with Crippen LogP contribution in [-0.2, 0) is 29.5 Å². The minimum absolute atomic E-state index is 0.0991. The fourth-order valence-electron chi connectivity index (χ4n) is 3.55. The molecule has 0 atom stereocenters. The Labute approximate surface area is 197 Å². The molecule has 6 heteroatoms. The molecule has 0 bridgehead atoms. The second-order valence-electron chi connectivity index (χ2n) is 7.72. The topological polar surface area (TPSA) is 64.6 Å². The summed E-state index contributed by atoms with van der Waals surface area (Å²) < 4.78 is 37.4. The van der Waals surface area contributed by atoms with Crippen LogP contribution < -0.4 is 14.2 Å². The maximum absolute atomic E-state index is 13.0. The van der Waals surface area contributed by atoms with Crippen LogP contribution in [0.5, 0.6) is 11.5 Å². The zero-order chi connectivity index (χ0) is 23.8. The number of para-hydroxylation sites is 1. The van der Waals surface area contributed by atoms with Crippen molar-refractivity contribution < 1.29 is 17.3 Å². The quantitative estimate of drug-likeness (QED) is 0.275. The summed E-state index contributed by atoms with van der Waals surface area (Å²) in [5.41, 5.74) is 4.94. The highest BCUT2D eigenvalue weighted by Gasteiger charge is 2.22. The molecule has 0 fully saturated rings. The first-order valence-corrected chi connectivity index (χ1v) is 12.5. The molecule has 3 aromatic carbocycles. The van der Waals surface area contributed by atoms with E-state index in [0.29, 0.717) is 30.9 Å². The molecule has 174 valence electrons. The fraction of sp³-hybridized carbons (Fsp3) is 0.259. The molecule has 0 aliphatic heterocycles. The van der Waals surface area contributed by atoms with Gasteiger partial charge in [0, 0.05) is 17.8 Å². The van der Waals surface area contributed by atoms with E-state index in [-0.39, 0.29) is 10.6 Å². The number of hydrogen-bond donors (Lipinski definition) is 1. The van der Waals surface area contributed by atoms with Crippen molar-refractivity contribution in [1.82, 2.24) is 0 Å². The molecule has 3 rings (SSSR count). The third kappa shape index (κ3) is 6.17. The van der Waals surface area contributed by atoms with E-state index in [9.17, 15) is 8.42 Å². The monoisotopic (exact) mass is 465 g/mol. The largest absolute Gasteiger partial charge is 0.490 e. The average molecular weight is 466 g/mol. The maximum atomic E-state index is 13.0. The number of allylic oxidation sites excluding steroid dienone is 1. The lowest BCUT2D eigenvalue weighted by Gasteiger charge is -2.18. The minimum Gasteiger partial charge on any atom is -0.490 e. The summed E-state index contributed by atoms with van der Waals surface area (Å²) in [5.74, 6) is 0.600. The van der Waals surface area contributed by atoms with Gasteiger partial charge in [-0.05, 0) is 68.1 Å². The smallest absolute Gasteiger partial charge is 0.339 e. The Morgan fingerprint density at radius 3 is 2.39 bits per heavy atom. The van der Waals surface area contributed by atoms with E-state index in [4.69, 9.17) is 8.92 Å². The second-order valence-corrected chi connectivity index (χ2v) is 9.27. The molecule has 0 unspecified atom stereocenters. The van der Waals surface area contributed by atoms with E-state index < -0.39 is 10.1 Å². The van der Waals surface area contributed by atoms with E-state index in [1.165, 1.54) is 5.56 Å². The number of benzene rings is 3. The van der Waals surface area contributed by atoms with Crippen LogP contribution in [0.3, 0.4) is 0 Å². The summed E-state index contributed by atoms with van der Waals surface area (Å²) in [6.07, 6.45) is 3.09. The first-order chi connectivity index (χ1) is 15.9. The number of nitrogens with one attached hydrogen (secondary N) is 1. The molecule has 0 amide bonds. The normalized spacial score (nSPS) is 11.1. The summed E-state index contributed by atoms with van der Waals surface area (Å²) >= 11 is 0. The highest BCUT2D eigenvalue weighted by atomic mass is 32.2. The van der Waals surface area contributed by atoms with Crippen LogP contribution in [-0.4, -0.2) is 15.0 Å². The molecule has 0 aromatic heterocycles. The third-order valence-electron chi connectivity index (χ3n) is 5.24. The van der Waals surface area contributed by atoms with E-state index in [1.54, 1.807) is 30.3 Å². The van der Waals surface area contributed by atoms with Crippen molar-refractivity contribution in [2.45, 2.75) is 45.1 Å². The van der Waals surface area contributed by atoms with Crippen LogP contribution >= 0.6 is 0 Å². The number of aryl methyl sites for hydroxylation is 2. The number of anilines is 1. The van der Waals surface area contributed by atoms with Crippen molar-refractivity contribution in [3.8, 4) is 11.5 Å². The Bertz CT molecular complexity index is 1200. The van der Waals surface area contributed by atoms with Gasteiger partial charge in [0.25, 0.3) is 0 Å². The minimum atomic E-state index is -4.02. The van der Waals surface area contributed by atoms with Crippen LogP contribution in [0.1, 0.15) is 36.1 Å². The lowest BCUT2D eigenvalue weighted by molar-refractivity contribution is 0.326. The summed E-state index contributed by atoms with van der Waals surface area (Å²) in [6, 6.07) is 18.5. The first-order valence-electron chi connectivity index (χ1n) is 11.1. The predicted octanol–water partition coefficient (Wildman–Crippen LogP) is 6.06. The van der Waals surface area contributed by atoms with Gasteiger partial charge in [0.1, 0.15) is 4.90 Å². The number of ether oxygens (including phenoxy) is 1. The Balaban J connectivity index is 1.96. The zero-order valence-corrected chi connectivity index (χ0v) is 20.2. The predicted molar refractivity (Wildman–Crippen MR) is 134 cm³/mol. The van der Waals surface area contributed by atoms with Crippen LogP contribution in [0, 0.1) is 6.92 Å². The van der Waals surface area contributed by atoms with Crippen LogP contribution in [0.4, 0.5) is 5.69 Å². The molecule has 0 radical (unpaired) electrons. The van der Waals surface area contributed by atoms with Crippen LogP contribution in [0.25, 0.3) is 0 Å². The molecule has 33 heavy (non-hydrogen) atoms. The molecule has 0 heterocycles. The van der Waals surface area contributed by atoms with Crippen molar-refractivity contribution in [1.29, 1.82) is 0 Å². The fourth-order valence-corrected chi connectivity index (χ4v) is 4.53. The summed E-state index contributed by atoms with van der Waals surface area (Å²) in [7, 11) is -4.02. The van der Waals surface area contributed by atoms with Gasteiger partial charge < -0.3 is 14.2 Å². The standard InChI is InChI=1S/C27H31NO4S/c1-5-10-23-17-21(19-28-25-12-9-8-11-22(25)6-2)18-26(31-7-3)27(23)32-33(29,30)24-15-13-20(4)14-16-24/h5,8-9,11-18,28H,1,6-7,10,19H2,2-4H3. The van der Waals surface area contributed by atoms with E-state index in [0.717, 1.165) is 23.2 Å². The summed E-state index contributed by atoms with van der Waals surface area (Å²) in [5, 5.41) is 3.48. The van der Waals surface area contributed by atoms with Gasteiger partial charge in [0.2, 0.25) is 0 Å². The highest BCUT2D eigenvalue weighted by Crippen LogP contribution is 2.36. The molecule has 5 nitrogen and oxygen atoms in total. The van der Waals surface area contributed by atoms with Crippen molar-refractivity contribution in [2.75, 3.05) is 11.9 Å². The van der Waals surface area contributed by atoms with Gasteiger partial charge in [-0.15, -0.1) is 6.58 Å². The maximum Gasteiger partial charge on any atom is 0.339 e. The Morgan fingerprint density at radius 2 is 1.73 bits per heavy atom. The lowest BCUT2D eigenvalue weighted by atomic mass is 10.0. The van der Waals surface area contributed by atoms with Gasteiger partial charge >= 0.3 is 10.1 Å². The molecule has 3 aromatic rings. The molecule has 0 saturated carbocycles. The van der Waals surface area contributed by atoms with E-state index in [1.807, 2.05) is 38.1 Å². The molecule has 0 aliphatic rings. The Kier molecular flexibility index (Phi) is 8.17. The zero-order valence-electron chi connectivity index (χ0n) is 19.4. The summed E-state index contributed by atoms with van der Waals surface area (Å²) in [6.45, 7) is 10.6. The Hall–Kier alpha value is -3.25. The van der Waals surface area contributed by atoms with E-state index in [2.05, 4.69) is 31.0 Å². The van der Waals surface area contributed by atoms with Gasteiger partial charge in [0.05, 0.1) is 6.61 Å². The molecular weight excluding hydrogens is 434 g/mol. The average Bonchev–Trinajstić information content (AvgIpc) is 2.80. The van der Waals surface area contributed by atoms with Gasteiger partial charge in [-0.2, -0.15) is 8.42 Å². The molecule has 0 spiro atoms. The second kappa shape index (κ2) is 11.1. The van der Waals surface area contributed by atoms with Crippen molar-refractivity contribution in [3.05, 3.63) is 95.6 Å². The Morgan fingerprint density at radius 1 is 1.00 bits per heavy atom. The molecular formula is C27H31NO4S. The molecule has 0 aliphatic carbocycles. The van der Waals surface area contributed by atoms with Crippen LogP contribution in [0.15, 0.2) is 78.2 Å². The van der Waals surface area contributed by atoms with Crippen molar-refractivity contribution in [2.24, 2.45) is 0 Å². The van der Waals surface area contributed by atoms with Gasteiger partial charge in [-0.1, -0.05) is 48.9 Å². The van der Waals surface area contributed by atoms with Crippen molar-refractivity contribution >= 4 is 15.8 Å². The first kappa shape index (κ1) is 24.4. The van der Waals surface area contributed by atoms with E-state index >= 15 is 0 Å². The van der Waals surface area contributed by atoms with Gasteiger partial charge in [-0.25, -0.2) is 0 Å². The molecule has 1 N–H and O–H groups in total. The SMILES string of the molecule is C=CCc1cc(CNc2ccccc2CC)cc(OCC)c1OS(=O)(=O)c1ccc(C)cc1.